The number of ether oxygens (including phenoxy) is 1. The van der Waals surface area contributed by atoms with Crippen LogP contribution in [-0.2, 0) is 23.9 Å². The molecule has 1 fully saturated rings. The van der Waals surface area contributed by atoms with Gasteiger partial charge in [-0.25, -0.2) is 0 Å². The standard InChI is InChI=1S/C18H16ClN3O5S2/c1-2-27-13(24)8-20-12(23)5-6-22-17(26)15(29-18(22)28)14-10-7-9(19)3-4-11(10)21-16(14)25/h3-4,7H,2,5-6,8H2,1H3,(H,20,23)(H,21,25)/b15-14-. The number of rotatable bonds is 6. The van der Waals surface area contributed by atoms with Crippen molar-refractivity contribution in [2.45, 2.75) is 13.3 Å². The van der Waals surface area contributed by atoms with Crippen LogP contribution >= 0.6 is 35.6 Å². The lowest BCUT2D eigenvalue weighted by atomic mass is 10.1. The van der Waals surface area contributed by atoms with E-state index < -0.39 is 23.7 Å². The highest BCUT2D eigenvalue weighted by atomic mass is 35.5. The van der Waals surface area contributed by atoms with E-state index >= 15 is 0 Å². The molecular formula is C18H16ClN3O5S2. The first-order valence-corrected chi connectivity index (χ1v) is 10.2. The second kappa shape index (κ2) is 8.93. The van der Waals surface area contributed by atoms with E-state index in [1.54, 1.807) is 25.1 Å². The summed E-state index contributed by atoms with van der Waals surface area (Å²) in [5, 5.41) is 5.56. The Morgan fingerprint density at radius 1 is 1.34 bits per heavy atom. The van der Waals surface area contributed by atoms with Crippen LogP contribution in [0.15, 0.2) is 23.1 Å². The normalized spacial score (nSPS) is 18.0. The van der Waals surface area contributed by atoms with Crippen LogP contribution in [0.25, 0.3) is 5.57 Å². The zero-order valence-corrected chi connectivity index (χ0v) is 17.6. The van der Waals surface area contributed by atoms with Crippen molar-refractivity contribution < 1.29 is 23.9 Å². The number of benzene rings is 1. The molecule has 2 N–H and O–H groups in total. The summed E-state index contributed by atoms with van der Waals surface area (Å²) in [6.07, 6.45) is -0.0525. The van der Waals surface area contributed by atoms with Crippen molar-refractivity contribution in [3.05, 3.63) is 33.7 Å². The van der Waals surface area contributed by atoms with E-state index in [4.69, 9.17) is 28.6 Å². The maximum atomic E-state index is 12.8. The Morgan fingerprint density at radius 2 is 2.10 bits per heavy atom. The Bertz CT molecular complexity index is 963. The number of carbonyl (C=O) groups excluding carboxylic acids is 4. The summed E-state index contributed by atoms with van der Waals surface area (Å²) < 4.78 is 4.98. The summed E-state index contributed by atoms with van der Waals surface area (Å²) in [7, 11) is 0. The first-order valence-electron chi connectivity index (χ1n) is 8.63. The number of carbonyl (C=O) groups is 4. The Hall–Kier alpha value is -2.43. The molecule has 1 saturated heterocycles. The van der Waals surface area contributed by atoms with Crippen LogP contribution in [0.2, 0.25) is 5.02 Å². The van der Waals surface area contributed by atoms with Crippen LogP contribution in [0.4, 0.5) is 5.69 Å². The molecule has 0 bridgehead atoms. The fourth-order valence-corrected chi connectivity index (χ4v) is 4.35. The number of halogens is 1. The Morgan fingerprint density at radius 3 is 2.83 bits per heavy atom. The number of esters is 1. The number of hydrogen-bond acceptors (Lipinski definition) is 7. The molecule has 29 heavy (non-hydrogen) atoms. The molecule has 8 nitrogen and oxygen atoms in total. The molecule has 0 unspecified atom stereocenters. The first kappa shape index (κ1) is 21.3. The third-order valence-corrected chi connectivity index (χ3v) is 5.78. The molecule has 0 aromatic heterocycles. The average Bonchev–Trinajstić information content (AvgIpc) is 3.13. The molecule has 0 spiro atoms. The van der Waals surface area contributed by atoms with Crippen molar-refractivity contribution in [3.63, 3.8) is 0 Å². The lowest BCUT2D eigenvalue weighted by molar-refractivity contribution is -0.143. The highest BCUT2D eigenvalue weighted by Crippen LogP contribution is 2.42. The largest absolute Gasteiger partial charge is 0.465 e. The van der Waals surface area contributed by atoms with E-state index in [1.165, 1.54) is 4.90 Å². The monoisotopic (exact) mass is 453 g/mol. The van der Waals surface area contributed by atoms with Gasteiger partial charge in [0.1, 0.15) is 10.9 Å². The minimum Gasteiger partial charge on any atom is -0.465 e. The van der Waals surface area contributed by atoms with Gasteiger partial charge in [0.15, 0.2) is 0 Å². The quantitative estimate of drug-likeness (QED) is 0.385. The van der Waals surface area contributed by atoms with E-state index in [1.807, 2.05) is 0 Å². The van der Waals surface area contributed by atoms with Gasteiger partial charge in [-0.1, -0.05) is 35.6 Å². The topological polar surface area (TPSA) is 105 Å². The molecule has 0 radical (unpaired) electrons. The van der Waals surface area contributed by atoms with Gasteiger partial charge in [0.05, 0.1) is 17.1 Å². The van der Waals surface area contributed by atoms with Gasteiger partial charge >= 0.3 is 5.97 Å². The van der Waals surface area contributed by atoms with E-state index in [0.29, 0.717) is 16.3 Å². The van der Waals surface area contributed by atoms with Crippen molar-refractivity contribution >= 4 is 74.9 Å². The zero-order chi connectivity index (χ0) is 21.1. The van der Waals surface area contributed by atoms with Crippen molar-refractivity contribution in [1.82, 2.24) is 10.2 Å². The summed E-state index contributed by atoms with van der Waals surface area (Å²) in [4.78, 5) is 49.9. The molecule has 3 amide bonds. The van der Waals surface area contributed by atoms with Crippen LogP contribution in [0.1, 0.15) is 18.9 Å². The summed E-state index contributed by atoms with van der Waals surface area (Å²) in [5.41, 5.74) is 1.32. The number of thioether (sulfide) groups is 1. The van der Waals surface area contributed by atoms with Crippen LogP contribution < -0.4 is 10.6 Å². The predicted molar refractivity (Wildman–Crippen MR) is 113 cm³/mol. The van der Waals surface area contributed by atoms with E-state index in [0.717, 1.165) is 11.8 Å². The summed E-state index contributed by atoms with van der Waals surface area (Å²) >= 11 is 12.3. The van der Waals surface area contributed by atoms with Crippen molar-refractivity contribution in [2.24, 2.45) is 0 Å². The molecule has 1 aromatic rings. The van der Waals surface area contributed by atoms with E-state index in [2.05, 4.69) is 10.6 Å². The molecule has 2 aliphatic heterocycles. The van der Waals surface area contributed by atoms with Crippen molar-refractivity contribution in [2.75, 3.05) is 25.0 Å². The fourth-order valence-electron chi connectivity index (χ4n) is 2.79. The van der Waals surface area contributed by atoms with E-state index in [-0.39, 0.29) is 40.9 Å². The SMILES string of the molecule is CCOC(=O)CNC(=O)CCN1C(=O)/C(=C2/C(=O)Nc3ccc(Cl)cc32)SC1=S. The fraction of sp³-hybridized carbons (Fsp3) is 0.278. The maximum Gasteiger partial charge on any atom is 0.325 e. The van der Waals surface area contributed by atoms with Gasteiger partial charge in [-0.2, -0.15) is 0 Å². The number of nitrogens with one attached hydrogen (secondary N) is 2. The molecule has 11 heteroatoms. The Labute approximate surface area is 181 Å². The minimum atomic E-state index is -0.541. The molecular weight excluding hydrogens is 438 g/mol. The van der Waals surface area contributed by atoms with Gasteiger partial charge in [-0.3, -0.25) is 24.1 Å². The lowest BCUT2D eigenvalue weighted by Gasteiger charge is -2.14. The Kier molecular flexibility index (Phi) is 6.56. The molecule has 1 aromatic carbocycles. The molecule has 2 aliphatic rings. The number of amides is 3. The van der Waals surface area contributed by atoms with Gasteiger partial charge in [-0.05, 0) is 25.1 Å². The summed E-state index contributed by atoms with van der Waals surface area (Å²) in [6.45, 7) is 1.68. The second-order valence-electron chi connectivity index (χ2n) is 6.00. The lowest BCUT2D eigenvalue weighted by Crippen LogP contribution is -2.35. The highest BCUT2D eigenvalue weighted by molar-refractivity contribution is 8.26. The molecule has 152 valence electrons. The molecule has 2 heterocycles. The number of hydrogen-bond donors (Lipinski definition) is 2. The van der Waals surface area contributed by atoms with Crippen LogP contribution in [0.3, 0.4) is 0 Å². The van der Waals surface area contributed by atoms with Gasteiger partial charge in [0.25, 0.3) is 11.8 Å². The highest BCUT2D eigenvalue weighted by Gasteiger charge is 2.39. The van der Waals surface area contributed by atoms with Gasteiger partial charge in [0.2, 0.25) is 5.91 Å². The van der Waals surface area contributed by atoms with Crippen LogP contribution in [0.5, 0.6) is 0 Å². The summed E-state index contributed by atoms with van der Waals surface area (Å²) in [5.74, 6) is -1.82. The maximum absolute atomic E-state index is 12.8. The van der Waals surface area contributed by atoms with Crippen molar-refractivity contribution in [3.8, 4) is 0 Å². The number of anilines is 1. The predicted octanol–water partition coefficient (Wildman–Crippen LogP) is 1.93. The molecule has 0 saturated carbocycles. The van der Waals surface area contributed by atoms with Gasteiger partial charge in [-0.15, -0.1) is 0 Å². The van der Waals surface area contributed by atoms with Crippen LogP contribution in [0, 0.1) is 0 Å². The number of nitrogens with zero attached hydrogens (tertiary/aromatic N) is 1. The summed E-state index contributed by atoms with van der Waals surface area (Å²) in [6, 6.07) is 4.92. The smallest absolute Gasteiger partial charge is 0.325 e. The third kappa shape index (κ3) is 4.60. The Balaban J connectivity index is 1.70. The molecule has 0 atom stereocenters. The third-order valence-electron chi connectivity index (χ3n) is 4.10. The second-order valence-corrected chi connectivity index (χ2v) is 8.09. The molecule has 3 rings (SSSR count). The zero-order valence-electron chi connectivity index (χ0n) is 15.2. The number of fused-ring (bicyclic) bond motifs is 1. The van der Waals surface area contributed by atoms with Gasteiger partial charge < -0.3 is 15.4 Å². The first-order chi connectivity index (χ1) is 13.8. The average molecular weight is 454 g/mol. The van der Waals surface area contributed by atoms with Crippen molar-refractivity contribution in [1.29, 1.82) is 0 Å². The van der Waals surface area contributed by atoms with Gasteiger partial charge in [0, 0.05) is 29.2 Å². The number of thiocarbonyl (C=S) groups is 1. The minimum absolute atomic E-state index is 0.0279. The van der Waals surface area contributed by atoms with Crippen LogP contribution in [-0.4, -0.2) is 52.6 Å². The van der Waals surface area contributed by atoms with E-state index in [9.17, 15) is 19.2 Å². The molecule has 0 aliphatic carbocycles.